The van der Waals surface area contributed by atoms with E-state index in [1.165, 1.54) is 6.08 Å². The smallest absolute Gasteiger partial charge is 0.290 e. The number of hydrogen-bond acceptors (Lipinski definition) is 4. The van der Waals surface area contributed by atoms with E-state index in [0.29, 0.717) is 13.1 Å². The first kappa shape index (κ1) is 20.6. The summed E-state index contributed by atoms with van der Waals surface area (Å²) in [6, 6.07) is 16.6. The van der Waals surface area contributed by atoms with Gasteiger partial charge in [0.05, 0.1) is 11.6 Å². The van der Waals surface area contributed by atoms with E-state index in [2.05, 4.69) is 0 Å². The van der Waals surface area contributed by atoms with Crippen LogP contribution in [0.25, 0.3) is 6.08 Å². The molecular weight excluding hydrogens is 364 g/mol. The predicted molar refractivity (Wildman–Crippen MR) is 114 cm³/mol. The molecule has 0 bridgehead atoms. The fourth-order valence-electron chi connectivity index (χ4n) is 3.36. The van der Waals surface area contributed by atoms with Crippen LogP contribution in [-0.4, -0.2) is 53.8 Å². The highest BCUT2D eigenvalue weighted by molar-refractivity contribution is 6.14. The normalized spacial score (nSPS) is 17.0. The predicted octanol–water partition coefficient (Wildman–Crippen LogP) is 3.53. The topological polar surface area (TPSA) is 60.9 Å². The van der Waals surface area contributed by atoms with Crippen molar-refractivity contribution in [2.75, 3.05) is 27.2 Å². The summed E-state index contributed by atoms with van der Waals surface area (Å²) in [4.78, 5) is 29.3. The van der Waals surface area contributed by atoms with Gasteiger partial charge in [0.2, 0.25) is 0 Å². The van der Waals surface area contributed by atoms with E-state index in [4.69, 9.17) is 0 Å². The molecule has 1 heterocycles. The van der Waals surface area contributed by atoms with Crippen LogP contribution in [0.2, 0.25) is 0 Å². The zero-order valence-electron chi connectivity index (χ0n) is 17.0. The van der Waals surface area contributed by atoms with E-state index in [0.717, 1.165) is 16.7 Å². The number of allylic oxidation sites excluding steroid dienone is 1. The summed E-state index contributed by atoms with van der Waals surface area (Å²) < 4.78 is 0. The Hall–Kier alpha value is -3.18. The Bertz CT molecular complexity index is 944. The number of aliphatic hydroxyl groups excluding tert-OH is 1. The van der Waals surface area contributed by atoms with Gasteiger partial charge in [-0.3, -0.25) is 9.59 Å². The Morgan fingerprint density at radius 1 is 1.10 bits per heavy atom. The Balaban J connectivity index is 1.97. The van der Waals surface area contributed by atoms with Gasteiger partial charge in [-0.2, -0.15) is 0 Å². The Kier molecular flexibility index (Phi) is 6.29. The Morgan fingerprint density at radius 2 is 1.76 bits per heavy atom. The van der Waals surface area contributed by atoms with Gasteiger partial charge in [-0.25, -0.2) is 0 Å². The third-order valence-corrected chi connectivity index (χ3v) is 4.98. The number of nitrogens with zero attached hydrogens (tertiary/aromatic N) is 2. The van der Waals surface area contributed by atoms with Gasteiger partial charge in [-0.05, 0) is 38.2 Å². The number of likely N-dealkylation sites (N-methyl/N-ethyl adjacent to an activating group) is 1. The lowest BCUT2D eigenvalue weighted by Crippen LogP contribution is -2.36. The summed E-state index contributed by atoms with van der Waals surface area (Å²) in [6.07, 6.45) is 3.12. The number of aryl methyl sites for hydroxylation is 1. The van der Waals surface area contributed by atoms with Crippen molar-refractivity contribution in [3.63, 3.8) is 0 Å². The lowest BCUT2D eigenvalue weighted by atomic mass is 9.95. The van der Waals surface area contributed by atoms with Crippen molar-refractivity contribution in [1.82, 2.24) is 9.80 Å². The van der Waals surface area contributed by atoms with Crippen molar-refractivity contribution >= 4 is 17.8 Å². The van der Waals surface area contributed by atoms with Gasteiger partial charge >= 0.3 is 0 Å². The van der Waals surface area contributed by atoms with Gasteiger partial charge in [0, 0.05) is 13.1 Å². The molecule has 3 rings (SSSR count). The molecule has 0 aliphatic carbocycles. The molecule has 0 spiro atoms. The number of ketones is 1. The van der Waals surface area contributed by atoms with Gasteiger partial charge in [-0.1, -0.05) is 66.2 Å². The fourth-order valence-corrected chi connectivity index (χ4v) is 3.36. The second-order valence-corrected chi connectivity index (χ2v) is 7.49. The second kappa shape index (κ2) is 8.88. The highest BCUT2D eigenvalue weighted by Gasteiger charge is 2.42. The van der Waals surface area contributed by atoms with E-state index in [1.54, 1.807) is 11.0 Å². The minimum Gasteiger partial charge on any atom is -0.503 e. The van der Waals surface area contributed by atoms with Crippen LogP contribution in [0.5, 0.6) is 0 Å². The molecule has 0 aromatic heterocycles. The molecule has 150 valence electrons. The molecular formula is C24H26N2O3. The van der Waals surface area contributed by atoms with Crippen molar-refractivity contribution < 1.29 is 14.7 Å². The van der Waals surface area contributed by atoms with E-state index in [-0.39, 0.29) is 11.4 Å². The van der Waals surface area contributed by atoms with Crippen LogP contribution in [0.3, 0.4) is 0 Å². The molecule has 0 fully saturated rings. The van der Waals surface area contributed by atoms with Crippen LogP contribution in [0.4, 0.5) is 0 Å². The molecule has 1 unspecified atom stereocenters. The largest absolute Gasteiger partial charge is 0.503 e. The molecule has 1 aliphatic rings. The lowest BCUT2D eigenvalue weighted by Gasteiger charge is -2.27. The summed E-state index contributed by atoms with van der Waals surface area (Å²) >= 11 is 0. The molecule has 0 saturated heterocycles. The Labute approximate surface area is 171 Å². The average Bonchev–Trinajstić information content (AvgIpc) is 2.96. The Morgan fingerprint density at radius 3 is 2.38 bits per heavy atom. The highest BCUT2D eigenvalue weighted by atomic mass is 16.3. The SMILES string of the molecule is Cc1ccc(C2C(C(=O)/C=C/c3ccccc3)=C(O)C(=O)N2CCN(C)C)cc1. The van der Waals surface area contributed by atoms with Crippen molar-refractivity contribution in [3.8, 4) is 0 Å². The summed E-state index contributed by atoms with van der Waals surface area (Å²) in [5.74, 6) is -1.33. The maximum Gasteiger partial charge on any atom is 0.290 e. The lowest BCUT2D eigenvalue weighted by molar-refractivity contribution is -0.129. The van der Waals surface area contributed by atoms with Gasteiger partial charge in [0.1, 0.15) is 0 Å². The number of carbonyl (C=O) groups is 2. The summed E-state index contributed by atoms with van der Waals surface area (Å²) in [7, 11) is 3.84. The molecule has 29 heavy (non-hydrogen) atoms. The zero-order valence-corrected chi connectivity index (χ0v) is 17.0. The maximum atomic E-state index is 13.0. The van der Waals surface area contributed by atoms with E-state index >= 15 is 0 Å². The van der Waals surface area contributed by atoms with Crippen LogP contribution in [0.1, 0.15) is 22.7 Å². The summed E-state index contributed by atoms with van der Waals surface area (Å²) in [6.45, 7) is 3.02. The number of aliphatic hydroxyl groups is 1. The number of carbonyl (C=O) groups excluding carboxylic acids is 2. The zero-order chi connectivity index (χ0) is 21.0. The minimum absolute atomic E-state index is 0.129. The first-order valence-corrected chi connectivity index (χ1v) is 9.61. The molecule has 5 nitrogen and oxygen atoms in total. The average molecular weight is 390 g/mol. The van der Waals surface area contributed by atoms with Crippen molar-refractivity contribution in [1.29, 1.82) is 0 Å². The van der Waals surface area contributed by atoms with Crippen molar-refractivity contribution in [2.24, 2.45) is 0 Å². The first-order chi connectivity index (χ1) is 13.9. The molecule has 0 saturated carbocycles. The van der Waals surface area contributed by atoms with Gasteiger partial charge < -0.3 is 14.9 Å². The molecule has 1 amide bonds. The molecule has 2 aromatic rings. The standard InChI is InChI=1S/C24H26N2O3/c1-17-9-12-19(13-10-17)22-21(20(27)14-11-18-7-5-4-6-8-18)23(28)24(29)26(22)16-15-25(2)3/h4-14,22,28H,15-16H2,1-3H3/b14-11+. The number of hydrogen-bond donors (Lipinski definition) is 1. The van der Waals surface area contributed by atoms with Gasteiger partial charge in [0.25, 0.3) is 5.91 Å². The van der Waals surface area contributed by atoms with Crippen LogP contribution in [0, 0.1) is 6.92 Å². The fraction of sp³-hybridized carbons (Fsp3) is 0.250. The highest BCUT2D eigenvalue weighted by Crippen LogP contribution is 2.37. The van der Waals surface area contributed by atoms with Gasteiger partial charge in [0.15, 0.2) is 11.5 Å². The van der Waals surface area contributed by atoms with Crippen molar-refractivity contribution in [2.45, 2.75) is 13.0 Å². The molecule has 0 radical (unpaired) electrons. The van der Waals surface area contributed by atoms with E-state index in [1.807, 2.05) is 80.5 Å². The molecule has 1 atom stereocenters. The van der Waals surface area contributed by atoms with Gasteiger partial charge in [-0.15, -0.1) is 0 Å². The van der Waals surface area contributed by atoms with Crippen molar-refractivity contribution in [3.05, 3.63) is 88.7 Å². The summed E-state index contributed by atoms with van der Waals surface area (Å²) in [5.41, 5.74) is 2.90. The number of benzene rings is 2. The molecule has 1 N–H and O–H groups in total. The van der Waals surface area contributed by atoms with E-state index < -0.39 is 17.7 Å². The second-order valence-electron chi connectivity index (χ2n) is 7.49. The van der Waals surface area contributed by atoms with Crippen LogP contribution < -0.4 is 0 Å². The van der Waals surface area contributed by atoms with Crippen LogP contribution in [-0.2, 0) is 9.59 Å². The third-order valence-electron chi connectivity index (χ3n) is 4.98. The molecule has 5 heteroatoms. The van der Waals surface area contributed by atoms with Crippen LogP contribution in [0.15, 0.2) is 72.0 Å². The summed E-state index contributed by atoms with van der Waals surface area (Å²) in [5, 5.41) is 10.6. The van der Waals surface area contributed by atoms with E-state index in [9.17, 15) is 14.7 Å². The third kappa shape index (κ3) is 4.63. The molecule has 2 aromatic carbocycles. The maximum absolute atomic E-state index is 13.0. The monoisotopic (exact) mass is 390 g/mol. The first-order valence-electron chi connectivity index (χ1n) is 9.61. The van der Waals surface area contributed by atoms with Crippen LogP contribution >= 0.6 is 0 Å². The quantitative estimate of drug-likeness (QED) is 0.735. The minimum atomic E-state index is -0.601. The number of amides is 1. The number of rotatable bonds is 7. The molecule has 1 aliphatic heterocycles.